The number of H-pyrrole nitrogens is 1. The molecule has 2 atom stereocenters. The number of ether oxygens (including phenoxy) is 1. The zero-order valence-electron chi connectivity index (χ0n) is 17.2. The van der Waals surface area contributed by atoms with Crippen molar-refractivity contribution in [1.29, 1.82) is 0 Å². The number of fused-ring (bicyclic) bond motifs is 4. The SMILES string of the molecule is O=C(NCC(O)C(O)c1c[nH]c2ncccc12)OCC1c2ccccc2-c2ccccc21. The quantitative estimate of drug-likeness (QED) is 0.375. The van der Waals surface area contributed by atoms with Gasteiger partial charge in [-0.15, -0.1) is 0 Å². The van der Waals surface area contributed by atoms with E-state index < -0.39 is 18.3 Å². The van der Waals surface area contributed by atoms with Crippen LogP contribution in [-0.2, 0) is 4.74 Å². The van der Waals surface area contributed by atoms with Gasteiger partial charge in [-0.05, 0) is 34.4 Å². The molecule has 1 aliphatic rings. The van der Waals surface area contributed by atoms with Gasteiger partial charge in [0.05, 0.1) is 0 Å². The monoisotopic (exact) mass is 429 g/mol. The number of carbonyl (C=O) groups excluding carboxylic acids is 1. The van der Waals surface area contributed by atoms with Gasteiger partial charge in [-0.3, -0.25) is 0 Å². The van der Waals surface area contributed by atoms with E-state index >= 15 is 0 Å². The van der Waals surface area contributed by atoms with Crippen LogP contribution in [0.2, 0.25) is 0 Å². The van der Waals surface area contributed by atoms with Crippen LogP contribution < -0.4 is 5.32 Å². The number of aromatic amines is 1. The summed E-state index contributed by atoms with van der Waals surface area (Å²) in [4.78, 5) is 19.4. The maximum absolute atomic E-state index is 12.3. The van der Waals surface area contributed by atoms with Gasteiger partial charge in [-0.25, -0.2) is 9.78 Å². The molecule has 0 fully saturated rings. The summed E-state index contributed by atoms with van der Waals surface area (Å²) in [6.45, 7) is 0.0391. The largest absolute Gasteiger partial charge is 0.449 e. The molecule has 2 heterocycles. The van der Waals surface area contributed by atoms with Gasteiger partial charge in [-0.2, -0.15) is 0 Å². The smallest absolute Gasteiger partial charge is 0.407 e. The van der Waals surface area contributed by atoms with E-state index in [1.54, 1.807) is 18.5 Å². The lowest BCUT2D eigenvalue weighted by molar-refractivity contribution is 0.0194. The maximum Gasteiger partial charge on any atom is 0.407 e. The lowest BCUT2D eigenvalue weighted by Gasteiger charge is -2.19. The van der Waals surface area contributed by atoms with Gasteiger partial charge in [0, 0.05) is 35.8 Å². The molecule has 0 bridgehead atoms. The molecule has 0 aliphatic heterocycles. The zero-order valence-corrected chi connectivity index (χ0v) is 17.2. The third-order valence-electron chi connectivity index (χ3n) is 5.97. The molecule has 4 N–H and O–H groups in total. The summed E-state index contributed by atoms with van der Waals surface area (Å²) in [6, 6.07) is 19.8. The minimum Gasteiger partial charge on any atom is -0.449 e. The Kier molecular flexibility index (Phi) is 5.34. The third-order valence-corrected chi connectivity index (χ3v) is 5.97. The molecule has 7 heteroatoms. The van der Waals surface area contributed by atoms with Crippen molar-refractivity contribution in [3.8, 4) is 11.1 Å². The van der Waals surface area contributed by atoms with Crippen molar-refractivity contribution in [2.75, 3.05) is 13.2 Å². The van der Waals surface area contributed by atoms with Crippen LogP contribution in [0, 0.1) is 0 Å². The molecule has 0 saturated carbocycles. The second kappa shape index (κ2) is 8.45. The molecule has 0 spiro atoms. The molecule has 32 heavy (non-hydrogen) atoms. The Morgan fingerprint density at radius 2 is 1.72 bits per heavy atom. The van der Waals surface area contributed by atoms with Crippen LogP contribution in [0.15, 0.2) is 73.1 Å². The van der Waals surface area contributed by atoms with Crippen LogP contribution in [0.3, 0.4) is 0 Å². The first-order chi connectivity index (χ1) is 15.6. The number of aromatic nitrogens is 2. The second-order valence-corrected chi connectivity index (χ2v) is 7.86. The average molecular weight is 429 g/mol. The van der Waals surface area contributed by atoms with Gasteiger partial charge < -0.3 is 25.3 Å². The Hall–Kier alpha value is -3.68. The number of nitrogens with zero attached hydrogens (tertiary/aromatic N) is 1. The van der Waals surface area contributed by atoms with Gasteiger partial charge in [0.2, 0.25) is 0 Å². The maximum atomic E-state index is 12.3. The van der Waals surface area contributed by atoms with E-state index in [-0.39, 0.29) is 19.1 Å². The number of amides is 1. The summed E-state index contributed by atoms with van der Waals surface area (Å²) < 4.78 is 5.47. The highest BCUT2D eigenvalue weighted by molar-refractivity contribution is 5.80. The van der Waals surface area contributed by atoms with Crippen molar-refractivity contribution >= 4 is 17.1 Å². The summed E-state index contributed by atoms with van der Waals surface area (Å²) in [5.41, 5.74) is 5.72. The minimum absolute atomic E-state index is 0.0395. The number of nitrogens with one attached hydrogen (secondary N) is 2. The normalized spacial score (nSPS) is 14.6. The van der Waals surface area contributed by atoms with E-state index in [2.05, 4.69) is 39.6 Å². The molecule has 2 unspecified atom stereocenters. The van der Waals surface area contributed by atoms with E-state index in [1.165, 1.54) is 0 Å². The van der Waals surface area contributed by atoms with Crippen molar-refractivity contribution in [3.05, 3.63) is 89.7 Å². The first kappa shape index (κ1) is 20.2. The van der Waals surface area contributed by atoms with E-state index in [0.29, 0.717) is 11.2 Å². The van der Waals surface area contributed by atoms with Gasteiger partial charge >= 0.3 is 6.09 Å². The molecule has 0 radical (unpaired) electrons. The number of pyridine rings is 1. The molecular weight excluding hydrogens is 406 g/mol. The highest BCUT2D eigenvalue weighted by atomic mass is 16.5. The Bertz CT molecular complexity index is 1220. The molecule has 0 saturated heterocycles. The number of hydrogen-bond donors (Lipinski definition) is 4. The van der Waals surface area contributed by atoms with Crippen molar-refractivity contribution < 1.29 is 19.7 Å². The van der Waals surface area contributed by atoms with Crippen LogP contribution in [-0.4, -0.2) is 45.5 Å². The van der Waals surface area contributed by atoms with Gasteiger partial charge in [-0.1, -0.05) is 48.5 Å². The number of rotatable bonds is 6. The second-order valence-electron chi connectivity index (χ2n) is 7.86. The first-order valence-corrected chi connectivity index (χ1v) is 10.5. The molecule has 7 nitrogen and oxygen atoms in total. The third kappa shape index (κ3) is 3.62. The predicted molar refractivity (Wildman–Crippen MR) is 120 cm³/mol. The van der Waals surface area contributed by atoms with Gasteiger partial charge in [0.1, 0.15) is 24.5 Å². The van der Waals surface area contributed by atoms with Crippen molar-refractivity contribution in [2.45, 2.75) is 18.1 Å². The van der Waals surface area contributed by atoms with Crippen LogP contribution >= 0.6 is 0 Å². The number of aliphatic hydroxyl groups is 2. The fraction of sp³-hybridized carbons (Fsp3) is 0.200. The Balaban J connectivity index is 1.20. The Morgan fingerprint density at radius 3 is 2.44 bits per heavy atom. The topological polar surface area (TPSA) is 107 Å². The van der Waals surface area contributed by atoms with Crippen molar-refractivity contribution in [1.82, 2.24) is 15.3 Å². The Labute approximate surface area is 184 Å². The van der Waals surface area contributed by atoms with Crippen molar-refractivity contribution in [3.63, 3.8) is 0 Å². The molecule has 2 aromatic heterocycles. The number of aliphatic hydroxyl groups excluding tert-OH is 2. The summed E-state index contributed by atoms with van der Waals surface area (Å²) in [5, 5.41) is 24.2. The average Bonchev–Trinajstić information content (AvgIpc) is 3.40. The number of hydrogen-bond acceptors (Lipinski definition) is 5. The molecule has 162 valence electrons. The molecular formula is C25H23N3O4. The highest BCUT2D eigenvalue weighted by Gasteiger charge is 2.29. The minimum atomic E-state index is -1.20. The first-order valence-electron chi connectivity index (χ1n) is 10.5. The van der Waals surface area contributed by atoms with Crippen LogP contribution in [0.1, 0.15) is 28.7 Å². The fourth-order valence-electron chi connectivity index (χ4n) is 4.38. The number of benzene rings is 2. The summed E-state index contributed by atoms with van der Waals surface area (Å²) in [7, 11) is 0. The van der Waals surface area contributed by atoms with E-state index in [9.17, 15) is 15.0 Å². The molecule has 1 amide bonds. The molecule has 5 rings (SSSR count). The predicted octanol–water partition coefficient (Wildman–Crippen LogP) is 3.50. The lowest BCUT2D eigenvalue weighted by atomic mass is 9.98. The summed E-state index contributed by atoms with van der Waals surface area (Å²) in [5.74, 6) is -0.0395. The van der Waals surface area contributed by atoms with E-state index in [1.807, 2.05) is 30.3 Å². The van der Waals surface area contributed by atoms with E-state index in [4.69, 9.17) is 4.74 Å². The molecule has 2 aromatic carbocycles. The highest BCUT2D eigenvalue weighted by Crippen LogP contribution is 2.44. The van der Waals surface area contributed by atoms with Crippen LogP contribution in [0.5, 0.6) is 0 Å². The Morgan fingerprint density at radius 1 is 1.03 bits per heavy atom. The van der Waals surface area contributed by atoms with Gasteiger partial charge in [0.15, 0.2) is 0 Å². The molecule has 1 aliphatic carbocycles. The standard InChI is InChI=1S/C25H23N3O4/c29-22(23(30)20-12-27-24-19(20)10-5-11-26-24)13-28-25(31)32-14-21-17-8-3-1-6-15(17)16-7-2-4-9-18(16)21/h1-12,21-23,29-30H,13-14H2,(H,26,27)(H,28,31). The lowest BCUT2D eigenvalue weighted by Crippen LogP contribution is -2.36. The number of carbonyl (C=O) groups is 1. The summed E-state index contributed by atoms with van der Waals surface area (Å²) in [6.07, 6.45) is 0.235. The van der Waals surface area contributed by atoms with Crippen LogP contribution in [0.25, 0.3) is 22.2 Å². The summed E-state index contributed by atoms with van der Waals surface area (Å²) >= 11 is 0. The zero-order chi connectivity index (χ0) is 22.1. The van der Waals surface area contributed by atoms with Crippen LogP contribution in [0.4, 0.5) is 4.79 Å². The van der Waals surface area contributed by atoms with Gasteiger partial charge in [0.25, 0.3) is 0 Å². The van der Waals surface area contributed by atoms with E-state index in [0.717, 1.165) is 27.6 Å². The fourth-order valence-corrected chi connectivity index (χ4v) is 4.38. The number of alkyl carbamates (subject to hydrolysis) is 1. The molecule has 4 aromatic rings. The van der Waals surface area contributed by atoms with Crippen molar-refractivity contribution in [2.24, 2.45) is 0 Å².